The summed E-state index contributed by atoms with van der Waals surface area (Å²) in [7, 11) is 5.99. The maximum Gasteiger partial charge on any atom is 0.290 e. The summed E-state index contributed by atoms with van der Waals surface area (Å²) >= 11 is 6.09. The molecule has 1 N–H and O–H groups in total. The van der Waals surface area contributed by atoms with Crippen LogP contribution in [-0.2, 0) is 16.6 Å². The second-order valence-corrected chi connectivity index (χ2v) is 9.25. The predicted octanol–water partition coefficient (Wildman–Crippen LogP) is 1.78. The van der Waals surface area contributed by atoms with Gasteiger partial charge in [-0.05, 0) is 51.3 Å². The topological polar surface area (TPSA) is 86.1 Å². The summed E-state index contributed by atoms with van der Waals surface area (Å²) in [5.74, 6) is 1.08. The Morgan fingerprint density at radius 3 is 2.60 bits per heavy atom. The van der Waals surface area contributed by atoms with Gasteiger partial charge in [0, 0.05) is 51.4 Å². The minimum absolute atomic E-state index is 0.0540. The molecule has 3 fully saturated rings. The molecule has 30 heavy (non-hydrogen) atoms. The van der Waals surface area contributed by atoms with Crippen LogP contribution in [0.4, 0.5) is 0 Å². The SMILES string of the molecule is CN(C)C[C@H]1[C@H]2C[C@H](CN(C(=O)c3cc(Cl)cn3C)C2)[C@@H]2CCCC(=O)N21.O=CO. The van der Waals surface area contributed by atoms with Crippen molar-refractivity contribution in [3.8, 4) is 0 Å². The smallest absolute Gasteiger partial charge is 0.290 e. The number of likely N-dealkylation sites (tertiary alicyclic amines) is 1. The third kappa shape index (κ3) is 4.49. The summed E-state index contributed by atoms with van der Waals surface area (Å²) in [5, 5.41) is 7.48. The molecule has 1 aromatic heterocycles. The van der Waals surface area contributed by atoms with Gasteiger partial charge in [0.15, 0.2) is 0 Å². The number of aryl methyl sites for hydroxylation is 1. The number of halogens is 1. The Hall–Kier alpha value is -2.06. The summed E-state index contributed by atoms with van der Waals surface area (Å²) in [5.41, 5.74) is 0.640. The fraction of sp³-hybridized carbons (Fsp3) is 0.667. The van der Waals surface area contributed by atoms with E-state index >= 15 is 0 Å². The van der Waals surface area contributed by atoms with E-state index in [0.717, 1.165) is 32.4 Å². The average molecular weight is 439 g/mol. The van der Waals surface area contributed by atoms with Gasteiger partial charge in [0.25, 0.3) is 12.4 Å². The van der Waals surface area contributed by atoms with Crippen LogP contribution in [0.1, 0.15) is 36.2 Å². The van der Waals surface area contributed by atoms with Crippen molar-refractivity contribution in [1.82, 2.24) is 19.3 Å². The lowest BCUT2D eigenvalue weighted by atomic mass is 9.72. The molecule has 0 aromatic carbocycles. The van der Waals surface area contributed by atoms with Crippen molar-refractivity contribution < 1.29 is 19.5 Å². The second-order valence-electron chi connectivity index (χ2n) is 8.82. The van der Waals surface area contributed by atoms with Crippen molar-refractivity contribution in [2.75, 3.05) is 33.7 Å². The first-order valence-electron chi connectivity index (χ1n) is 10.4. The Kier molecular flexibility index (Phi) is 7.08. The average Bonchev–Trinajstić information content (AvgIpc) is 3.03. The molecule has 2 bridgehead atoms. The zero-order valence-corrected chi connectivity index (χ0v) is 18.6. The molecule has 3 aliphatic rings. The van der Waals surface area contributed by atoms with E-state index in [1.165, 1.54) is 0 Å². The van der Waals surface area contributed by atoms with Crippen LogP contribution in [0.3, 0.4) is 0 Å². The minimum Gasteiger partial charge on any atom is -0.483 e. The van der Waals surface area contributed by atoms with Gasteiger partial charge < -0.3 is 24.4 Å². The van der Waals surface area contributed by atoms with Crippen LogP contribution in [0.25, 0.3) is 0 Å². The van der Waals surface area contributed by atoms with E-state index in [2.05, 4.69) is 23.9 Å². The predicted molar refractivity (Wildman–Crippen MR) is 113 cm³/mol. The Morgan fingerprint density at radius 1 is 1.33 bits per heavy atom. The van der Waals surface area contributed by atoms with Crippen LogP contribution in [-0.4, -0.2) is 88.5 Å². The van der Waals surface area contributed by atoms with Crippen molar-refractivity contribution in [2.45, 2.75) is 37.8 Å². The molecule has 0 saturated carbocycles. The van der Waals surface area contributed by atoms with Crippen LogP contribution < -0.4 is 0 Å². The number of rotatable bonds is 3. The van der Waals surface area contributed by atoms with Gasteiger partial charge in [-0.3, -0.25) is 14.4 Å². The lowest BCUT2D eigenvalue weighted by Gasteiger charge is -2.57. The Labute approximate surface area is 182 Å². The van der Waals surface area contributed by atoms with Crippen LogP contribution in [0.5, 0.6) is 0 Å². The van der Waals surface area contributed by atoms with E-state index in [1.807, 2.05) is 16.5 Å². The molecule has 0 spiro atoms. The molecule has 9 heteroatoms. The zero-order chi connectivity index (χ0) is 22.0. The van der Waals surface area contributed by atoms with Crippen molar-refractivity contribution in [1.29, 1.82) is 0 Å². The van der Waals surface area contributed by atoms with Crippen molar-refractivity contribution in [3.05, 3.63) is 23.0 Å². The molecule has 1 aromatic rings. The molecule has 3 saturated heterocycles. The van der Waals surface area contributed by atoms with Gasteiger partial charge in [0.05, 0.1) is 5.02 Å². The third-order valence-electron chi connectivity index (χ3n) is 6.53. The van der Waals surface area contributed by atoms with E-state index < -0.39 is 0 Å². The summed E-state index contributed by atoms with van der Waals surface area (Å²) in [6.45, 7) is 2.06. The molecule has 166 valence electrons. The van der Waals surface area contributed by atoms with Gasteiger partial charge in [-0.25, -0.2) is 0 Å². The lowest BCUT2D eigenvalue weighted by Crippen LogP contribution is -2.67. The summed E-state index contributed by atoms with van der Waals surface area (Å²) in [6.07, 6.45) is 5.59. The monoisotopic (exact) mass is 438 g/mol. The maximum atomic E-state index is 13.2. The van der Waals surface area contributed by atoms with Gasteiger partial charge in [0.2, 0.25) is 5.91 Å². The Bertz CT molecular complexity index is 796. The van der Waals surface area contributed by atoms with Crippen molar-refractivity contribution in [2.24, 2.45) is 18.9 Å². The standard InChI is InChI=1S/C20H29ClN4O2.CH2O2/c1-22(2)12-18-14-7-13(16-5-4-6-19(26)25(16)18)9-24(10-14)20(27)17-8-15(21)11-23(17)3;2-1-3/h8,11,13-14,16,18H,4-7,9-10,12H2,1-3H3;1H,(H,2,3)/t13-,14+,16+,18+;/m1./s1. The van der Waals surface area contributed by atoms with Crippen LogP contribution >= 0.6 is 11.6 Å². The van der Waals surface area contributed by atoms with Gasteiger partial charge in [-0.15, -0.1) is 0 Å². The molecule has 4 heterocycles. The molecular weight excluding hydrogens is 408 g/mol. The number of hydrogen-bond donors (Lipinski definition) is 1. The minimum atomic E-state index is -0.250. The van der Waals surface area contributed by atoms with E-state index in [1.54, 1.807) is 12.3 Å². The number of piperidine rings is 3. The lowest BCUT2D eigenvalue weighted by molar-refractivity contribution is -0.152. The van der Waals surface area contributed by atoms with Crippen LogP contribution in [0.2, 0.25) is 5.02 Å². The highest BCUT2D eigenvalue weighted by molar-refractivity contribution is 6.31. The number of carbonyl (C=O) groups is 3. The third-order valence-corrected chi connectivity index (χ3v) is 6.73. The van der Waals surface area contributed by atoms with E-state index in [4.69, 9.17) is 21.5 Å². The highest BCUT2D eigenvalue weighted by atomic mass is 35.5. The number of nitrogens with zero attached hydrogens (tertiary/aromatic N) is 4. The van der Waals surface area contributed by atoms with Gasteiger partial charge in [-0.2, -0.15) is 0 Å². The van der Waals surface area contributed by atoms with Gasteiger partial charge >= 0.3 is 0 Å². The first kappa shape index (κ1) is 22.6. The maximum absolute atomic E-state index is 13.2. The number of likely N-dealkylation sites (N-methyl/N-ethyl adjacent to an activating group) is 1. The number of aromatic nitrogens is 1. The molecule has 3 aliphatic heterocycles. The Balaban J connectivity index is 0.000000806. The quantitative estimate of drug-likeness (QED) is 0.727. The first-order chi connectivity index (χ1) is 14.3. The number of fused-ring (bicyclic) bond motifs is 4. The molecule has 0 unspecified atom stereocenters. The fourth-order valence-corrected chi connectivity index (χ4v) is 5.70. The van der Waals surface area contributed by atoms with Crippen LogP contribution in [0, 0.1) is 11.8 Å². The van der Waals surface area contributed by atoms with Gasteiger partial charge in [-0.1, -0.05) is 11.6 Å². The Morgan fingerprint density at radius 2 is 2.00 bits per heavy atom. The summed E-state index contributed by atoms with van der Waals surface area (Å²) in [4.78, 5) is 40.6. The van der Waals surface area contributed by atoms with Gasteiger partial charge in [0.1, 0.15) is 5.69 Å². The van der Waals surface area contributed by atoms with Crippen LogP contribution in [0.15, 0.2) is 12.3 Å². The first-order valence-corrected chi connectivity index (χ1v) is 10.8. The zero-order valence-electron chi connectivity index (χ0n) is 17.8. The largest absolute Gasteiger partial charge is 0.483 e. The normalized spacial score (nSPS) is 28.0. The highest BCUT2D eigenvalue weighted by Crippen LogP contribution is 2.42. The summed E-state index contributed by atoms with van der Waals surface area (Å²) in [6, 6.07) is 2.23. The highest BCUT2D eigenvalue weighted by Gasteiger charge is 2.50. The van der Waals surface area contributed by atoms with E-state index in [0.29, 0.717) is 41.4 Å². The molecule has 4 rings (SSSR count). The molecule has 4 atom stereocenters. The number of carbonyl (C=O) groups excluding carboxylic acids is 2. The molecule has 8 nitrogen and oxygen atoms in total. The van der Waals surface area contributed by atoms with Crippen molar-refractivity contribution >= 4 is 29.9 Å². The fourth-order valence-electron chi connectivity index (χ4n) is 5.45. The molecule has 0 radical (unpaired) electrons. The molecular formula is C21H31ClN4O4. The van der Waals surface area contributed by atoms with Crippen molar-refractivity contribution in [3.63, 3.8) is 0 Å². The number of carboxylic acid groups (broad SMARTS) is 1. The van der Waals surface area contributed by atoms with E-state index in [-0.39, 0.29) is 24.5 Å². The number of hydrogen-bond acceptors (Lipinski definition) is 4. The molecule has 0 aliphatic carbocycles. The van der Waals surface area contributed by atoms with E-state index in [9.17, 15) is 9.59 Å². The number of amides is 2. The second kappa shape index (κ2) is 9.39. The molecule has 2 amide bonds. The summed E-state index contributed by atoms with van der Waals surface area (Å²) < 4.78 is 1.81.